The van der Waals surface area contributed by atoms with Gasteiger partial charge in [-0.25, -0.2) is 0 Å². The van der Waals surface area contributed by atoms with Crippen molar-refractivity contribution in [2.24, 2.45) is 11.8 Å². The number of carbonyl (C=O) groups excluding carboxylic acids is 4. The molecule has 10 nitrogen and oxygen atoms in total. The van der Waals surface area contributed by atoms with E-state index < -0.39 is 47.7 Å². The van der Waals surface area contributed by atoms with E-state index in [0.717, 1.165) is 0 Å². The van der Waals surface area contributed by atoms with E-state index in [1.165, 1.54) is 9.80 Å². The van der Waals surface area contributed by atoms with Gasteiger partial charge in [-0.05, 0) is 56.7 Å². The molecule has 0 saturated carbocycles. The van der Waals surface area contributed by atoms with E-state index in [2.05, 4.69) is 18.5 Å². The van der Waals surface area contributed by atoms with Gasteiger partial charge in [0.25, 0.3) is 5.91 Å². The summed E-state index contributed by atoms with van der Waals surface area (Å²) in [6.45, 7) is 9.57. The highest BCUT2D eigenvalue weighted by Gasteiger charge is 2.75. The third-order valence-corrected chi connectivity index (χ3v) is 9.94. The molecular weight excluding hydrogens is 634 g/mol. The number of unbranched alkanes of at least 4 members (excludes halogenated alkanes) is 1. The maximum atomic E-state index is 14.6. The second kappa shape index (κ2) is 15.5. The summed E-state index contributed by atoms with van der Waals surface area (Å²) >= 11 is 6.55. The predicted octanol–water partition coefficient (Wildman–Crippen LogP) is 4.76. The Bertz CT molecular complexity index is 1520. The van der Waals surface area contributed by atoms with Crippen molar-refractivity contribution in [2.45, 2.75) is 75.3 Å². The molecule has 3 heterocycles. The molecule has 0 aliphatic carbocycles. The predicted molar refractivity (Wildman–Crippen MR) is 182 cm³/mol. The third kappa shape index (κ3) is 6.79. The molecule has 0 aromatic heterocycles. The van der Waals surface area contributed by atoms with Gasteiger partial charge in [0, 0.05) is 26.1 Å². The SMILES string of the molecule is C=CCCC(=O)N[C@H](C)[C@@H](OC(=O)[C@@H]1[C@@H]2CC[C@]3(O2)[C@H](C(=O)N(CC=C)c2ccccc2Cl)N(CCCCO)C(=O)[C@@H]13)c1ccccc1. The average molecular weight is 678 g/mol. The first-order valence-electron chi connectivity index (χ1n) is 16.6. The third-order valence-electron chi connectivity index (χ3n) is 9.62. The number of fused-ring (bicyclic) bond motifs is 1. The van der Waals surface area contributed by atoms with Gasteiger partial charge in [-0.2, -0.15) is 0 Å². The molecule has 0 unspecified atom stereocenters. The Balaban J connectivity index is 1.47. The van der Waals surface area contributed by atoms with E-state index in [1.54, 1.807) is 43.3 Å². The van der Waals surface area contributed by atoms with Crippen LogP contribution < -0.4 is 10.2 Å². The van der Waals surface area contributed by atoms with Crippen molar-refractivity contribution in [3.8, 4) is 0 Å². The summed E-state index contributed by atoms with van der Waals surface area (Å²) in [5.41, 5.74) is -0.0859. The highest BCUT2D eigenvalue weighted by Crippen LogP contribution is 2.59. The summed E-state index contributed by atoms with van der Waals surface area (Å²) in [7, 11) is 0. The number of hydrogen-bond acceptors (Lipinski definition) is 7. The van der Waals surface area contributed by atoms with Gasteiger partial charge in [-0.15, -0.1) is 13.2 Å². The Morgan fingerprint density at radius 3 is 2.56 bits per heavy atom. The minimum Gasteiger partial charge on any atom is -0.455 e. The largest absolute Gasteiger partial charge is 0.455 e. The molecule has 3 aliphatic rings. The zero-order valence-electron chi connectivity index (χ0n) is 27.3. The van der Waals surface area contributed by atoms with Crippen molar-refractivity contribution in [1.29, 1.82) is 0 Å². The minimum atomic E-state index is -1.25. The second-order valence-electron chi connectivity index (χ2n) is 12.7. The van der Waals surface area contributed by atoms with Crippen molar-refractivity contribution >= 4 is 41.0 Å². The van der Waals surface area contributed by atoms with Crippen LogP contribution in [0.5, 0.6) is 0 Å². The summed E-state index contributed by atoms with van der Waals surface area (Å²) < 4.78 is 12.8. The fraction of sp³-hybridized carbons (Fsp3) is 0.459. The number of benzene rings is 2. The van der Waals surface area contributed by atoms with Crippen molar-refractivity contribution in [3.63, 3.8) is 0 Å². The van der Waals surface area contributed by atoms with Gasteiger partial charge in [-0.3, -0.25) is 19.2 Å². The lowest BCUT2D eigenvalue weighted by Crippen LogP contribution is -2.56. The number of anilines is 1. The fourth-order valence-electron chi connectivity index (χ4n) is 7.53. The topological polar surface area (TPSA) is 125 Å². The molecule has 48 heavy (non-hydrogen) atoms. The molecule has 1 spiro atoms. The van der Waals surface area contributed by atoms with Crippen LogP contribution in [0.4, 0.5) is 5.69 Å². The molecule has 3 aliphatic heterocycles. The number of hydrogen-bond donors (Lipinski definition) is 2. The molecule has 7 atom stereocenters. The first-order chi connectivity index (χ1) is 23.2. The maximum Gasteiger partial charge on any atom is 0.313 e. The summed E-state index contributed by atoms with van der Waals surface area (Å²) in [6, 6.07) is 14.5. The van der Waals surface area contributed by atoms with Crippen molar-refractivity contribution in [2.75, 3.05) is 24.6 Å². The van der Waals surface area contributed by atoms with Crippen LogP contribution >= 0.6 is 11.6 Å². The molecule has 11 heteroatoms. The van der Waals surface area contributed by atoms with E-state index in [9.17, 15) is 24.3 Å². The number of esters is 1. The van der Waals surface area contributed by atoms with Crippen molar-refractivity contribution in [3.05, 3.63) is 90.5 Å². The quantitative estimate of drug-likeness (QED) is 0.149. The Labute approximate surface area is 286 Å². The molecule has 3 saturated heterocycles. The molecule has 2 bridgehead atoms. The smallest absolute Gasteiger partial charge is 0.313 e. The van der Waals surface area contributed by atoms with Gasteiger partial charge in [0.05, 0.1) is 34.7 Å². The molecule has 256 valence electrons. The summed E-state index contributed by atoms with van der Waals surface area (Å²) in [5.74, 6) is -3.44. The van der Waals surface area contributed by atoms with Crippen LogP contribution in [0.25, 0.3) is 0 Å². The lowest BCUT2D eigenvalue weighted by molar-refractivity contribution is -0.162. The molecule has 2 N–H and O–H groups in total. The number of ether oxygens (including phenoxy) is 2. The Morgan fingerprint density at radius 1 is 1.15 bits per heavy atom. The number of amides is 3. The number of carbonyl (C=O) groups is 4. The Kier molecular flexibility index (Phi) is 11.4. The molecule has 2 aromatic rings. The number of aliphatic hydroxyl groups excluding tert-OH is 1. The normalized spacial score (nSPS) is 25.2. The van der Waals surface area contributed by atoms with Gasteiger partial charge in [0.1, 0.15) is 17.7 Å². The molecule has 2 aromatic carbocycles. The number of allylic oxidation sites excluding steroid dienone is 1. The molecular formula is C37H44ClN3O7. The number of halogens is 1. The van der Waals surface area contributed by atoms with E-state index >= 15 is 0 Å². The standard InChI is InChI=1S/C37H44ClN3O7/c1-4-6-18-29(43)39-24(3)32(25-14-8-7-9-15-25)47-36(46)30-28-19-20-37(48-28)31(30)34(44)41(22-12-13-23-42)33(37)35(45)40(21-5-2)27-17-11-10-16-26(27)38/h4-5,7-11,14-17,24,28,30-33,42H,1-2,6,12-13,18-23H2,3H3,(H,39,43)/t24-,28+,30-,31-,32-,33+,37-/m1/s1. The van der Waals surface area contributed by atoms with E-state index in [4.69, 9.17) is 21.1 Å². The molecule has 3 amide bonds. The van der Waals surface area contributed by atoms with Crippen LogP contribution in [0.2, 0.25) is 5.02 Å². The molecule has 5 rings (SSSR count). The van der Waals surface area contributed by atoms with Crippen LogP contribution in [0, 0.1) is 11.8 Å². The molecule has 0 radical (unpaired) electrons. The summed E-state index contributed by atoms with van der Waals surface area (Å²) in [5, 5.41) is 12.8. The van der Waals surface area contributed by atoms with Gasteiger partial charge in [-0.1, -0.05) is 66.2 Å². The molecule has 3 fully saturated rings. The first-order valence-corrected chi connectivity index (χ1v) is 17.0. The lowest BCUT2D eigenvalue weighted by atomic mass is 9.70. The minimum absolute atomic E-state index is 0.0614. The van der Waals surface area contributed by atoms with E-state index in [-0.39, 0.29) is 43.8 Å². The van der Waals surface area contributed by atoms with Crippen molar-refractivity contribution < 1.29 is 33.8 Å². The number of likely N-dealkylation sites (tertiary alicyclic amines) is 1. The van der Waals surface area contributed by atoms with Gasteiger partial charge < -0.3 is 29.7 Å². The van der Waals surface area contributed by atoms with E-state index in [0.29, 0.717) is 48.4 Å². The number of nitrogens with one attached hydrogen (secondary N) is 1. The van der Waals surface area contributed by atoms with Crippen LogP contribution in [-0.4, -0.2) is 77.2 Å². The number of para-hydroxylation sites is 1. The highest BCUT2D eigenvalue weighted by molar-refractivity contribution is 6.34. The summed E-state index contributed by atoms with van der Waals surface area (Å²) in [6.07, 6.45) is 4.34. The summed E-state index contributed by atoms with van der Waals surface area (Å²) in [4.78, 5) is 59.0. The maximum absolute atomic E-state index is 14.6. The average Bonchev–Trinajstić information content (AvgIpc) is 3.73. The van der Waals surface area contributed by atoms with Crippen LogP contribution in [0.15, 0.2) is 79.9 Å². The van der Waals surface area contributed by atoms with Crippen molar-refractivity contribution in [1.82, 2.24) is 10.2 Å². The number of aliphatic hydroxyl groups is 1. The zero-order chi connectivity index (χ0) is 34.4. The lowest BCUT2D eigenvalue weighted by Gasteiger charge is -2.37. The van der Waals surface area contributed by atoms with Gasteiger partial charge in [0.15, 0.2) is 0 Å². The first kappa shape index (κ1) is 35.3. The second-order valence-corrected chi connectivity index (χ2v) is 13.1. The fourth-order valence-corrected chi connectivity index (χ4v) is 7.77. The van der Waals surface area contributed by atoms with Crippen LogP contribution in [0.1, 0.15) is 57.1 Å². The van der Waals surface area contributed by atoms with Crippen LogP contribution in [0.3, 0.4) is 0 Å². The van der Waals surface area contributed by atoms with E-state index in [1.807, 2.05) is 30.3 Å². The zero-order valence-corrected chi connectivity index (χ0v) is 28.0. The monoisotopic (exact) mass is 677 g/mol. The number of nitrogens with zero attached hydrogens (tertiary/aromatic N) is 2. The van der Waals surface area contributed by atoms with Crippen LogP contribution in [-0.2, 0) is 28.7 Å². The highest BCUT2D eigenvalue weighted by atomic mass is 35.5. The Morgan fingerprint density at radius 2 is 1.88 bits per heavy atom. The number of rotatable bonds is 16. The van der Waals surface area contributed by atoms with Gasteiger partial charge in [0.2, 0.25) is 11.8 Å². The van der Waals surface area contributed by atoms with Gasteiger partial charge >= 0.3 is 5.97 Å². The Hall–Kier alpha value is -3.99.